The molecule has 2 atom stereocenters. The van der Waals surface area contributed by atoms with Gasteiger partial charge in [0, 0.05) is 11.8 Å². The third kappa shape index (κ3) is 8.14. The summed E-state index contributed by atoms with van der Waals surface area (Å²) in [6.45, 7) is 26.8. The van der Waals surface area contributed by atoms with Crippen LogP contribution >= 0.6 is 0 Å². The molecule has 1 fully saturated rings. The quantitative estimate of drug-likeness (QED) is 0.0948. The Morgan fingerprint density at radius 1 is 0.443 bits per heavy atom. The average Bonchev–Trinajstić information content (AvgIpc) is 3.24. The van der Waals surface area contributed by atoms with Crippen molar-refractivity contribution in [3.05, 3.63) is 161 Å². The number of hydrogen-bond acceptors (Lipinski definition) is 5. The zero-order chi connectivity index (χ0) is 44.2. The molecule has 320 valence electrons. The van der Waals surface area contributed by atoms with Gasteiger partial charge in [0.05, 0.1) is 6.10 Å². The fraction of sp³-hybridized carbons (Fsp3) is 0.393. The van der Waals surface area contributed by atoms with Crippen molar-refractivity contribution in [1.29, 1.82) is 0 Å². The van der Waals surface area contributed by atoms with Crippen molar-refractivity contribution in [2.24, 2.45) is 0 Å². The van der Waals surface area contributed by atoms with E-state index in [1.807, 2.05) is 48.5 Å². The van der Waals surface area contributed by atoms with E-state index in [4.69, 9.17) is 9.47 Å². The summed E-state index contributed by atoms with van der Waals surface area (Å²) in [4.78, 5) is 0. The van der Waals surface area contributed by atoms with Crippen LogP contribution in [0.3, 0.4) is 0 Å². The van der Waals surface area contributed by atoms with Crippen LogP contribution in [0.25, 0.3) is 10.8 Å². The largest absolute Gasteiger partial charge is 0.507 e. The molecule has 2 unspecified atom stereocenters. The van der Waals surface area contributed by atoms with Gasteiger partial charge in [0.25, 0.3) is 0 Å². The standard InChI is InChI=1S/C56H66O5/c1-29-23-47(33(5)37(9)53(29)57)51(48-24-30(2)54(58)38(10)34(48)6)43-21-19-42-20-22-44(28-45(42)27-43)52(49-25-31(3)55(59)39(11)35(49)7)50-26-32(4)56(40(12)36(50)8)61-41(13)60-46-17-15-14-16-18-46/h19-28,41,46,51-52,57-59H,14-18H2,1-13H3. The second-order valence-electron chi connectivity index (χ2n) is 18.3. The fourth-order valence-corrected chi connectivity index (χ4v) is 10.1. The lowest BCUT2D eigenvalue weighted by atomic mass is 9.76. The Labute approximate surface area is 364 Å². The van der Waals surface area contributed by atoms with Gasteiger partial charge in [-0.25, -0.2) is 0 Å². The fourth-order valence-electron chi connectivity index (χ4n) is 10.1. The Hall–Kier alpha value is -5.26. The molecule has 0 saturated heterocycles. The van der Waals surface area contributed by atoms with Crippen molar-refractivity contribution >= 4 is 10.8 Å². The maximum Gasteiger partial charge on any atom is 0.197 e. The lowest BCUT2D eigenvalue weighted by molar-refractivity contribution is -0.117. The predicted molar refractivity (Wildman–Crippen MR) is 251 cm³/mol. The Balaban J connectivity index is 1.41. The minimum atomic E-state index is -0.346. The van der Waals surface area contributed by atoms with Crippen LogP contribution < -0.4 is 4.74 Å². The monoisotopic (exact) mass is 818 g/mol. The van der Waals surface area contributed by atoms with E-state index in [-0.39, 0.29) is 24.2 Å². The van der Waals surface area contributed by atoms with Gasteiger partial charge in [0.1, 0.15) is 23.0 Å². The van der Waals surface area contributed by atoms with E-state index >= 15 is 0 Å². The van der Waals surface area contributed by atoms with Gasteiger partial charge < -0.3 is 24.8 Å². The van der Waals surface area contributed by atoms with Crippen molar-refractivity contribution in [2.75, 3.05) is 0 Å². The number of aromatic hydroxyl groups is 3. The highest BCUT2D eigenvalue weighted by Gasteiger charge is 2.29. The summed E-state index contributed by atoms with van der Waals surface area (Å²) in [5.41, 5.74) is 18.7. The molecule has 0 amide bonds. The number of phenolic OH excluding ortho intramolecular Hbond substituents is 3. The Kier molecular flexibility index (Phi) is 12.4. The molecule has 3 N–H and O–H groups in total. The minimum Gasteiger partial charge on any atom is -0.507 e. The molecule has 0 heterocycles. The average molecular weight is 819 g/mol. The van der Waals surface area contributed by atoms with Gasteiger partial charge in [-0.2, -0.15) is 0 Å². The Bertz CT molecular complexity index is 2600. The number of fused-ring (bicyclic) bond motifs is 1. The number of rotatable bonds is 10. The highest BCUT2D eigenvalue weighted by molar-refractivity contribution is 5.85. The number of hydrogen-bond donors (Lipinski definition) is 3. The van der Waals surface area contributed by atoms with E-state index in [0.717, 1.165) is 107 Å². The minimum absolute atomic E-state index is 0.126. The third-order valence-corrected chi connectivity index (χ3v) is 14.4. The van der Waals surface area contributed by atoms with Crippen LogP contribution in [0.15, 0.2) is 60.7 Å². The van der Waals surface area contributed by atoms with Gasteiger partial charge >= 0.3 is 0 Å². The molecule has 1 saturated carbocycles. The van der Waals surface area contributed by atoms with E-state index in [9.17, 15) is 15.3 Å². The Morgan fingerprint density at radius 3 is 1.23 bits per heavy atom. The molecule has 5 nitrogen and oxygen atoms in total. The number of phenols is 3. The summed E-state index contributed by atoms with van der Waals surface area (Å²) in [7, 11) is 0. The normalized spacial score (nSPS) is 14.5. The summed E-state index contributed by atoms with van der Waals surface area (Å²) in [5, 5.41) is 35.4. The smallest absolute Gasteiger partial charge is 0.197 e. The van der Waals surface area contributed by atoms with Gasteiger partial charge in [-0.1, -0.05) is 79.9 Å². The molecule has 0 bridgehead atoms. The first kappa shape index (κ1) is 43.8. The second-order valence-corrected chi connectivity index (χ2v) is 18.3. The lowest BCUT2D eigenvalue weighted by Gasteiger charge is -2.29. The van der Waals surface area contributed by atoms with Crippen LogP contribution in [0.2, 0.25) is 0 Å². The van der Waals surface area contributed by atoms with Crippen LogP contribution in [0, 0.1) is 83.1 Å². The molecule has 6 aromatic carbocycles. The van der Waals surface area contributed by atoms with Crippen LogP contribution in [0.1, 0.15) is 151 Å². The first-order valence-electron chi connectivity index (χ1n) is 22.2. The van der Waals surface area contributed by atoms with Gasteiger partial charge in [0.15, 0.2) is 6.29 Å². The van der Waals surface area contributed by atoms with Gasteiger partial charge in [-0.15, -0.1) is 0 Å². The van der Waals surface area contributed by atoms with E-state index in [1.54, 1.807) is 0 Å². The van der Waals surface area contributed by atoms with Crippen molar-refractivity contribution in [2.45, 2.75) is 146 Å². The summed E-state index contributed by atoms with van der Waals surface area (Å²) >= 11 is 0. The highest BCUT2D eigenvalue weighted by Crippen LogP contribution is 2.46. The van der Waals surface area contributed by atoms with Crippen LogP contribution in [-0.2, 0) is 4.74 Å². The lowest BCUT2D eigenvalue weighted by Crippen LogP contribution is -2.26. The maximum atomic E-state index is 11.1. The van der Waals surface area contributed by atoms with Crippen molar-refractivity contribution < 1.29 is 24.8 Å². The van der Waals surface area contributed by atoms with E-state index in [0.29, 0.717) is 17.2 Å². The van der Waals surface area contributed by atoms with E-state index < -0.39 is 0 Å². The molecule has 0 radical (unpaired) electrons. The summed E-state index contributed by atoms with van der Waals surface area (Å²) in [6.07, 6.45) is 5.80. The number of ether oxygens (including phenoxy) is 2. The van der Waals surface area contributed by atoms with Crippen LogP contribution in [0.5, 0.6) is 23.0 Å². The molecule has 0 spiro atoms. The third-order valence-electron chi connectivity index (χ3n) is 14.4. The van der Waals surface area contributed by atoms with Gasteiger partial charge in [-0.3, -0.25) is 0 Å². The zero-order valence-corrected chi connectivity index (χ0v) is 38.8. The molecule has 1 aliphatic rings. The molecule has 1 aliphatic carbocycles. The maximum absolute atomic E-state index is 11.1. The predicted octanol–water partition coefficient (Wildman–Crippen LogP) is 14.1. The molecule has 7 rings (SSSR count). The second kappa shape index (κ2) is 17.2. The molecular formula is C56H66O5. The SMILES string of the molecule is Cc1cc(C(c2ccc3ccc(C(c4cc(C)c(O)c(C)c4C)c4cc(C)c(OC(C)OC5CCCCC5)c(C)c4C)cc3c2)c2cc(C)c(O)c(C)c2C)c(C)c(C)c1O. The molecular weight excluding hydrogens is 753 g/mol. The summed E-state index contributed by atoms with van der Waals surface area (Å²) in [5.74, 6) is 1.63. The van der Waals surface area contributed by atoms with Gasteiger partial charge in [0.2, 0.25) is 0 Å². The van der Waals surface area contributed by atoms with E-state index in [2.05, 4.69) is 102 Å². The van der Waals surface area contributed by atoms with Crippen LogP contribution in [-0.4, -0.2) is 27.7 Å². The van der Waals surface area contributed by atoms with Crippen molar-refractivity contribution in [1.82, 2.24) is 0 Å². The topological polar surface area (TPSA) is 79.2 Å². The zero-order valence-electron chi connectivity index (χ0n) is 38.8. The molecule has 61 heavy (non-hydrogen) atoms. The summed E-state index contributed by atoms with van der Waals surface area (Å²) < 4.78 is 13.0. The molecule has 0 aliphatic heterocycles. The number of aryl methyl sites for hydroxylation is 4. The van der Waals surface area contributed by atoms with Gasteiger partial charge in [-0.05, 0) is 214 Å². The van der Waals surface area contributed by atoms with Crippen LogP contribution in [0.4, 0.5) is 0 Å². The first-order valence-corrected chi connectivity index (χ1v) is 22.2. The molecule has 5 heteroatoms. The number of benzene rings is 6. The molecule has 0 aromatic heterocycles. The first-order chi connectivity index (χ1) is 28.9. The van der Waals surface area contributed by atoms with Crippen molar-refractivity contribution in [3.63, 3.8) is 0 Å². The van der Waals surface area contributed by atoms with E-state index in [1.165, 1.54) is 41.5 Å². The Morgan fingerprint density at radius 2 is 0.820 bits per heavy atom. The molecule has 6 aromatic rings. The summed E-state index contributed by atoms with van der Waals surface area (Å²) in [6, 6.07) is 22.4. The van der Waals surface area contributed by atoms with Crippen molar-refractivity contribution in [3.8, 4) is 23.0 Å². The highest BCUT2D eigenvalue weighted by atomic mass is 16.7.